The van der Waals surface area contributed by atoms with Crippen molar-refractivity contribution in [2.45, 2.75) is 13.8 Å². The highest BCUT2D eigenvalue weighted by Gasteiger charge is 2.40. The van der Waals surface area contributed by atoms with Gasteiger partial charge in [-0.25, -0.2) is 4.79 Å². The molecule has 2 rings (SSSR count). The SMILES string of the molecule is CCOC(=O)C1=C(c2ccccc2Br)C1C. The molecule has 0 heterocycles. The second kappa shape index (κ2) is 4.42. The van der Waals surface area contributed by atoms with Crippen LogP contribution in [0.15, 0.2) is 34.3 Å². The molecule has 0 N–H and O–H groups in total. The Morgan fingerprint density at radius 3 is 2.75 bits per heavy atom. The Morgan fingerprint density at radius 1 is 1.44 bits per heavy atom. The number of halogens is 1. The van der Waals surface area contributed by atoms with Gasteiger partial charge in [0, 0.05) is 16.0 Å². The molecule has 1 atom stereocenters. The summed E-state index contributed by atoms with van der Waals surface area (Å²) in [6.07, 6.45) is 0. The standard InChI is InChI=1S/C13H13BrO2/c1-3-16-13(15)12-8(2)11(12)9-6-4-5-7-10(9)14/h4-8H,3H2,1-2H3. The van der Waals surface area contributed by atoms with Crippen LogP contribution in [0.5, 0.6) is 0 Å². The van der Waals surface area contributed by atoms with Gasteiger partial charge in [-0.1, -0.05) is 41.1 Å². The smallest absolute Gasteiger partial charge is 0.334 e. The Balaban J connectivity index is 2.30. The lowest BCUT2D eigenvalue weighted by atomic mass is 10.1. The third-order valence-electron chi connectivity index (χ3n) is 2.73. The fourth-order valence-corrected chi connectivity index (χ4v) is 2.39. The number of esters is 1. The van der Waals surface area contributed by atoms with Gasteiger partial charge >= 0.3 is 5.97 Å². The van der Waals surface area contributed by atoms with Crippen LogP contribution in [0, 0.1) is 5.92 Å². The van der Waals surface area contributed by atoms with E-state index < -0.39 is 0 Å². The number of hydrogen-bond donors (Lipinski definition) is 0. The van der Waals surface area contributed by atoms with E-state index in [1.54, 1.807) is 0 Å². The van der Waals surface area contributed by atoms with E-state index in [4.69, 9.17) is 4.74 Å². The highest BCUT2D eigenvalue weighted by molar-refractivity contribution is 9.10. The van der Waals surface area contributed by atoms with Crippen LogP contribution < -0.4 is 0 Å². The van der Waals surface area contributed by atoms with Gasteiger partial charge in [-0.15, -0.1) is 0 Å². The number of carbonyl (C=O) groups is 1. The molecule has 0 amide bonds. The Labute approximate surface area is 103 Å². The van der Waals surface area contributed by atoms with Crippen molar-refractivity contribution in [2.75, 3.05) is 6.61 Å². The van der Waals surface area contributed by atoms with Crippen LogP contribution in [0.4, 0.5) is 0 Å². The summed E-state index contributed by atoms with van der Waals surface area (Å²) in [5.74, 6) is 0.0403. The molecule has 0 saturated heterocycles. The van der Waals surface area contributed by atoms with Crippen LogP contribution in [0.3, 0.4) is 0 Å². The molecule has 1 aromatic carbocycles. The molecule has 3 heteroatoms. The van der Waals surface area contributed by atoms with Gasteiger partial charge in [-0.3, -0.25) is 0 Å². The maximum Gasteiger partial charge on any atom is 0.334 e. The second-order valence-corrected chi connectivity index (χ2v) is 4.60. The molecule has 16 heavy (non-hydrogen) atoms. The van der Waals surface area contributed by atoms with E-state index in [9.17, 15) is 4.79 Å². The molecule has 0 aliphatic heterocycles. The molecular formula is C13H13BrO2. The lowest BCUT2D eigenvalue weighted by Crippen LogP contribution is -2.02. The molecule has 2 nitrogen and oxygen atoms in total. The summed E-state index contributed by atoms with van der Waals surface area (Å²) in [5, 5.41) is 0. The minimum Gasteiger partial charge on any atom is -0.463 e. The van der Waals surface area contributed by atoms with E-state index in [1.807, 2.05) is 38.1 Å². The monoisotopic (exact) mass is 280 g/mol. The lowest BCUT2D eigenvalue weighted by molar-refractivity contribution is -0.138. The van der Waals surface area contributed by atoms with E-state index in [1.165, 1.54) is 0 Å². The van der Waals surface area contributed by atoms with Gasteiger partial charge in [-0.05, 0) is 24.1 Å². The van der Waals surface area contributed by atoms with Crippen molar-refractivity contribution < 1.29 is 9.53 Å². The Kier molecular flexibility index (Phi) is 3.15. The molecule has 0 aromatic heterocycles. The quantitative estimate of drug-likeness (QED) is 0.793. The second-order valence-electron chi connectivity index (χ2n) is 3.75. The summed E-state index contributed by atoms with van der Waals surface area (Å²) in [5.41, 5.74) is 3.01. The number of benzene rings is 1. The van der Waals surface area contributed by atoms with Crippen molar-refractivity contribution in [3.63, 3.8) is 0 Å². The van der Waals surface area contributed by atoms with Crippen molar-refractivity contribution in [2.24, 2.45) is 5.92 Å². The summed E-state index contributed by atoms with van der Waals surface area (Å²) in [4.78, 5) is 11.6. The molecule has 1 aromatic rings. The van der Waals surface area contributed by atoms with Gasteiger partial charge in [0.25, 0.3) is 0 Å². The van der Waals surface area contributed by atoms with E-state index in [2.05, 4.69) is 15.9 Å². The van der Waals surface area contributed by atoms with E-state index in [0.717, 1.165) is 21.2 Å². The van der Waals surface area contributed by atoms with Crippen molar-refractivity contribution in [3.8, 4) is 0 Å². The summed E-state index contributed by atoms with van der Waals surface area (Å²) in [6.45, 7) is 4.28. The molecule has 0 radical (unpaired) electrons. The van der Waals surface area contributed by atoms with Gasteiger partial charge in [-0.2, -0.15) is 0 Å². The van der Waals surface area contributed by atoms with Gasteiger partial charge in [0.1, 0.15) is 0 Å². The number of hydrogen-bond acceptors (Lipinski definition) is 2. The Bertz CT molecular complexity index is 463. The molecular weight excluding hydrogens is 268 g/mol. The summed E-state index contributed by atoms with van der Waals surface area (Å²) >= 11 is 3.49. The van der Waals surface area contributed by atoms with Crippen LogP contribution in [0.1, 0.15) is 19.4 Å². The summed E-state index contributed by atoms with van der Waals surface area (Å²) < 4.78 is 6.04. The molecule has 0 fully saturated rings. The zero-order chi connectivity index (χ0) is 11.7. The van der Waals surface area contributed by atoms with Crippen LogP contribution >= 0.6 is 15.9 Å². The number of ether oxygens (including phenoxy) is 1. The topological polar surface area (TPSA) is 26.3 Å². The lowest BCUT2D eigenvalue weighted by Gasteiger charge is -1.98. The molecule has 0 bridgehead atoms. The fraction of sp³-hybridized carbons (Fsp3) is 0.308. The van der Waals surface area contributed by atoms with Gasteiger partial charge in [0.2, 0.25) is 0 Å². The maximum atomic E-state index is 11.6. The largest absolute Gasteiger partial charge is 0.463 e. The Morgan fingerprint density at radius 2 is 2.12 bits per heavy atom. The highest BCUT2D eigenvalue weighted by Crippen LogP contribution is 2.48. The highest BCUT2D eigenvalue weighted by atomic mass is 79.9. The van der Waals surface area contributed by atoms with Crippen molar-refractivity contribution >= 4 is 27.5 Å². The number of carbonyl (C=O) groups excluding carboxylic acids is 1. The minimum atomic E-state index is -0.180. The first-order valence-corrected chi connectivity index (χ1v) is 6.12. The zero-order valence-corrected chi connectivity index (χ0v) is 10.9. The first kappa shape index (κ1) is 11.4. The fourth-order valence-electron chi connectivity index (χ4n) is 1.89. The third-order valence-corrected chi connectivity index (χ3v) is 3.42. The molecule has 1 unspecified atom stereocenters. The van der Waals surface area contributed by atoms with Crippen molar-refractivity contribution in [1.82, 2.24) is 0 Å². The van der Waals surface area contributed by atoms with E-state index in [-0.39, 0.29) is 11.9 Å². The minimum absolute atomic E-state index is 0.180. The van der Waals surface area contributed by atoms with Gasteiger partial charge in [0.05, 0.1) is 6.61 Å². The molecule has 1 aliphatic carbocycles. The predicted molar refractivity (Wildman–Crippen MR) is 66.9 cm³/mol. The molecule has 0 spiro atoms. The van der Waals surface area contributed by atoms with Gasteiger partial charge < -0.3 is 4.74 Å². The zero-order valence-electron chi connectivity index (χ0n) is 9.29. The first-order valence-electron chi connectivity index (χ1n) is 5.33. The van der Waals surface area contributed by atoms with Crippen LogP contribution in [-0.4, -0.2) is 12.6 Å². The third kappa shape index (κ3) is 1.92. The maximum absolute atomic E-state index is 11.6. The summed E-state index contributed by atoms with van der Waals surface area (Å²) in [6, 6.07) is 7.93. The average molecular weight is 281 g/mol. The van der Waals surface area contributed by atoms with Crippen LogP contribution in [0.25, 0.3) is 5.57 Å². The van der Waals surface area contributed by atoms with Gasteiger partial charge in [0.15, 0.2) is 0 Å². The predicted octanol–water partition coefficient (Wildman–Crippen LogP) is 3.42. The van der Waals surface area contributed by atoms with E-state index >= 15 is 0 Å². The van der Waals surface area contributed by atoms with E-state index in [0.29, 0.717) is 6.61 Å². The first-order chi connectivity index (χ1) is 7.66. The normalized spacial score (nSPS) is 18.6. The molecule has 0 saturated carbocycles. The Hall–Kier alpha value is -1.09. The molecule has 1 aliphatic rings. The van der Waals surface area contributed by atoms with Crippen LogP contribution in [0.2, 0.25) is 0 Å². The number of allylic oxidation sites excluding steroid dienone is 1. The number of rotatable bonds is 3. The van der Waals surface area contributed by atoms with Crippen LogP contribution in [-0.2, 0) is 9.53 Å². The van der Waals surface area contributed by atoms with Crippen molar-refractivity contribution in [1.29, 1.82) is 0 Å². The molecule has 84 valence electrons. The summed E-state index contributed by atoms with van der Waals surface area (Å²) in [7, 11) is 0. The average Bonchev–Trinajstić information content (AvgIpc) is 2.91. The van der Waals surface area contributed by atoms with Crippen molar-refractivity contribution in [3.05, 3.63) is 39.9 Å².